The van der Waals surface area contributed by atoms with Gasteiger partial charge in [0.15, 0.2) is 0 Å². The van der Waals surface area contributed by atoms with E-state index in [0.29, 0.717) is 24.2 Å². The summed E-state index contributed by atoms with van der Waals surface area (Å²) in [4.78, 5) is 37.4. The Morgan fingerprint density at radius 1 is 0.405 bits per heavy atom. The Balaban J connectivity index is 0.000000119. The van der Waals surface area contributed by atoms with Crippen LogP contribution in [-0.4, -0.2) is 192 Å². The van der Waals surface area contributed by atoms with E-state index < -0.39 is 5.60 Å². The number of pyridine rings is 1. The number of carbonyl (C=O) groups is 1. The standard InChI is InChI=1S/C31H43N5O2.C27H28N2.C26H33N3O.C26H27N3/c1-31(2,3)38-30(37)36-16-7-15-34(20-21-36)19-14-32-26-12-17-35(18-13-26)27-10-6-9-24(22-27)29-23-25-8-4-5-11-28(25)33-29;1-2-7-21(8-3-1)20-28-26-13-15-29(16-14-26)27-12-6-11-24(19-27)25-17-22-9-4-5-10-23(22)18-25;1-2-5-22-19-24(18-21(22)4-1)23-6-3-7-26(20-23)29-11-8-25(9-12-29)27-10-13-28-14-16-30-17-15-28;1-2-7-21-17-23(16-20(21)6-1)22-8-5-10-26(18-22)29-14-11-24(12-15-29)28-19-25-9-3-4-13-27-25/h4-6,8-11,22-23,26,32-33H,7,12-21H2,1-3H3;1-12,17,19,26,28H,13-16,18,20H2;1-7,18,20,25,27H,8-17,19H2;1-10,13,16,18,24,28H,11-12,14-15,17,19H2. The molecule has 16 nitrogen and oxygen atoms in total. The van der Waals surface area contributed by atoms with Gasteiger partial charge in [-0.3, -0.25) is 9.88 Å². The highest BCUT2D eigenvalue weighted by Crippen LogP contribution is 2.38. The van der Waals surface area contributed by atoms with E-state index in [0.717, 1.165) is 188 Å². The van der Waals surface area contributed by atoms with Gasteiger partial charge < -0.3 is 65.1 Å². The molecule has 8 heterocycles. The van der Waals surface area contributed by atoms with Gasteiger partial charge in [-0.25, -0.2) is 4.79 Å². The van der Waals surface area contributed by atoms with E-state index in [1.54, 1.807) is 0 Å². The molecule has 654 valence electrons. The molecule has 20 rings (SSSR count). The molecule has 0 radical (unpaired) electrons. The average molecular weight is 1680 g/mol. The summed E-state index contributed by atoms with van der Waals surface area (Å²) in [6.07, 6.45) is 22.4. The number of piperidine rings is 4. The Kier molecular flexibility index (Phi) is 29.8. The van der Waals surface area contributed by atoms with Crippen molar-refractivity contribution in [2.24, 2.45) is 0 Å². The van der Waals surface area contributed by atoms with Crippen LogP contribution in [0, 0.1) is 0 Å². The van der Waals surface area contributed by atoms with Gasteiger partial charge in [0.05, 0.1) is 18.9 Å². The van der Waals surface area contributed by atoms with Crippen LogP contribution < -0.4 is 40.9 Å². The first kappa shape index (κ1) is 87.2. The Bertz CT molecular complexity index is 5230. The number of rotatable bonds is 22. The first-order valence-electron chi connectivity index (χ1n) is 47.1. The normalized spacial score (nSPS) is 17.9. The molecular formula is C110H131N13O3. The number of fused-ring (bicyclic) bond motifs is 4. The lowest BCUT2D eigenvalue weighted by atomic mass is 10.0. The molecule has 11 aromatic rings. The molecule has 5 N–H and O–H groups in total. The minimum absolute atomic E-state index is 0.184. The molecule has 0 unspecified atom stereocenters. The number of anilines is 4. The van der Waals surface area contributed by atoms with Gasteiger partial charge in [-0.2, -0.15) is 0 Å². The van der Waals surface area contributed by atoms with Crippen LogP contribution >= 0.6 is 0 Å². The lowest BCUT2D eigenvalue weighted by Crippen LogP contribution is -2.46. The molecule has 3 aliphatic carbocycles. The van der Waals surface area contributed by atoms with Crippen LogP contribution in [0.1, 0.15) is 140 Å². The van der Waals surface area contributed by atoms with Crippen LogP contribution in [0.25, 0.3) is 57.1 Å². The highest BCUT2D eigenvalue weighted by Gasteiger charge is 2.29. The largest absolute Gasteiger partial charge is 0.444 e. The predicted octanol–water partition coefficient (Wildman–Crippen LogP) is 19.5. The molecule has 0 atom stereocenters. The number of hydrogen-bond acceptors (Lipinski definition) is 14. The number of aromatic amines is 1. The summed E-state index contributed by atoms with van der Waals surface area (Å²) in [6, 6.07) is 92.4. The van der Waals surface area contributed by atoms with Crippen molar-refractivity contribution in [2.45, 2.75) is 141 Å². The SMILES string of the molecule is C1=C(c2cccc(N3CCC(NCCN4CCOCC4)CC3)c2)Cc2ccccc21.C1=C(c2cccc(N3CCC(NCc4ccccc4)CC3)c2)Cc2ccccc21.C1=C(c2cccc(N3CCC(NCc4ccccn4)CC3)c2)Cc2ccccc21.CC(C)(C)OC(=O)N1CCCN(CCNC2CCN(c3cccc(-c4cc5ccccc5[nH]4)c3)CC2)CC1. The van der Waals surface area contributed by atoms with E-state index >= 15 is 0 Å². The number of benzene rings is 9. The molecule has 1 amide bonds. The second kappa shape index (κ2) is 43.0. The summed E-state index contributed by atoms with van der Waals surface area (Å²) in [5.41, 5.74) is 27.9. The molecule has 126 heavy (non-hydrogen) atoms. The van der Waals surface area contributed by atoms with E-state index in [4.69, 9.17) is 9.47 Å². The summed E-state index contributed by atoms with van der Waals surface area (Å²) in [7, 11) is 0. The summed E-state index contributed by atoms with van der Waals surface area (Å²) >= 11 is 0. The van der Waals surface area contributed by atoms with Gasteiger partial charge >= 0.3 is 6.09 Å². The number of morpholine rings is 1. The lowest BCUT2D eigenvalue weighted by Gasteiger charge is -2.35. The van der Waals surface area contributed by atoms with Gasteiger partial charge in [-0.1, -0.05) is 194 Å². The third-order valence-corrected chi connectivity index (χ3v) is 26.9. The number of allylic oxidation sites excluding steroid dienone is 3. The zero-order valence-corrected chi connectivity index (χ0v) is 74.6. The monoisotopic (exact) mass is 1680 g/mol. The topological polar surface area (TPSA) is 135 Å². The Hall–Kier alpha value is -10.9. The van der Waals surface area contributed by atoms with Gasteiger partial charge in [0, 0.05) is 194 Å². The van der Waals surface area contributed by atoms with Gasteiger partial charge in [-0.05, 0) is 255 Å². The van der Waals surface area contributed by atoms with E-state index in [1.165, 1.54) is 156 Å². The third kappa shape index (κ3) is 24.0. The molecule has 6 saturated heterocycles. The van der Waals surface area contributed by atoms with Crippen molar-refractivity contribution >= 4 is 74.7 Å². The van der Waals surface area contributed by atoms with Gasteiger partial charge in [0.25, 0.3) is 0 Å². The Labute approximate surface area is 749 Å². The quantitative estimate of drug-likeness (QED) is 0.0441. The molecule has 6 aliphatic heterocycles. The van der Waals surface area contributed by atoms with Crippen molar-refractivity contribution in [1.82, 2.24) is 45.9 Å². The van der Waals surface area contributed by atoms with Crippen LogP contribution in [0.15, 0.2) is 255 Å². The van der Waals surface area contributed by atoms with E-state index in [9.17, 15) is 4.79 Å². The zero-order chi connectivity index (χ0) is 85.6. The number of ether oxygens (including phenoxy) is 2. The molecule has 0 spiro atoms. The number of amides is 1. The van der Waals surface area contributed by atoms with Crippen LogP contribution in [-0.2, 0) is 41.8 Å². The highest BCUT2D eigenvalue weighted by molar-refractivity contribution is 5.92. The summed E-state index contributed by atoms with van der Waals surface area (Å²) in [5.74, 6) is 0. The van der Waals surface area contributed by atoms with E-state index in [-0.39, 0.29) is 6.09 Å². The predicted molar refractivity (Wildman–Crippen MR) is 525 cm³/mol. The molecule has 0 saturated carbocycles. The van der Waals surface area contributed by atoms with Gasteiger partial charge in [0.2, 0.25) is 0 Å². The minimum Gasteiger partial charge on any atom is -0.444 e. The average Bonchev–Trinajstić information content (AvgIpc) is 1.33. The van der Waals surface area contributed by atoms with Crippen molar-refractivity contribution in [3.63, 3.8) is 0 Å². The van der Waals surface area contributed by atoms with Crippen LogP contribution in [0.3, 0.4) is 0 Å². The zero-order valence-electron chi connectivity index (χ0n) is 74.6. The molecule has 0 bridgehead atoms. The van der Waals surface area contributed by atoms with Crippen molar-refractivity contribution in [1.29, 1.82) is 0 Å². The Morgan fingerprint density at radius 3 is 1.29 bits per heavy atom. The fourth-order valence-electron chi connectivity index (χ4n) is 19.6. The maximum absolute atomic E-state index is 12.4. The first-order valence-corrected chi connectivity index (χ1v) is 47.1. The first-order chi connectivity index (χ1) is 61.9. The molecular weight excluding hydrogens is 1550 g/mol. The number of nitrogens with one attached hydrogen (secondary N) is 5. The number of carbonyl (C=O) groups excluding carboxylic acids is 1. The fourth-order valence-corrected chi connectivity index (χ4v) is 19.6. The van der Waals surface area contributed by atoms with Gasteiger partial charge in [0.1, 0.15) is 5.60 Å². The number of hydrogen-bond donors (Lipinski definition) is 5. The highest BCUT2D eigenvalue weighted by atomic mass is 16.6. The maximum atomic E-state index is 12.4. The fraction of sp³-hybridized carbons (Fsp3) is 0.382. The van der Waals surface area contributed by atoms with E-state index in [2.05, 4.69) is 322 Å². The second-order valence-electron chi connectivity index (χ2n) is 36.7. The number of para-hydroxylation sites is 1. The smallest absolute Gasteiger partial charge is 0.410 e. The summed E-state index contributed by atoms with van der Waals surface area (Å²) in [5, 5.41) is 16.3. The van der Waals surface area contributed by atoms with Crippen LogP contribution in [0.5, 0.6) is 0 Å². The van der Waals surface area contributed by atoms with E-state index in [1.807, 2.05) is 37.9 Å². The van der Waals surface area contributed by atoms with Crippen molar-refractivity contribution in [3.8, 4) is 11.3 Å². The molecule has 16 heteroatoms. The molecule has 6 fully saturated rings. The van der Waals surface area contributed by atoms with Gasteiger partial charge in [-0.15, -0.1) is 0 Å². The molecule has 9 aromatic carbocycles. The second-order valence-corrected chi connectivity index (χ2v) is 36.7. The minimum atomic E-state index is -0.442. The summed E-state index contributed by atoms with van der Waals surface area (Å²) in [6.45, 7) is 28.1. The third-order valence-electron chi connectivity index (χ3n) is 26.9. The van der Waals surface area contributed by atoms with Crippen molar-refractivity contribution < 1.29 is 14.3 Å². The number of nitrogens with zero attached hydrogens (tertiary/aromatic N) is 8. The number of aromatic nitrogens is 2. The van der Waals surface area contributed by atoms with Crippen LogP contribution in [0.2, 0.25) is 0 Å². The Morgan fingerprint density at radius 2 is 0.825 bits per heavy atom. The summed E-state index contributed by atoms with van der Waals surface area (Å²) < 4.78 is 11.0. The maximum Gasteiger partial charge on any atom is 0.410 e. The molecule has 2 aromatic heterocycles. The van der Waals surface area contributed by atoms with Crippen molar-refractivity contribution in [3.05, 3.63) is 316 Å². The van der Waals surface area contributed by atoms with Crippen molar-refractivity contribution in [2.75, 3.05) is 151 Å². The molecule has 9 aliphatic rings. The number of H-pyrrole nitrogens is 1. The van der Waals surface area contributed by atoms with Crippen LogP contribution in [0.4, 0.5) is 27.5 Å². The lowest BCUT2D eigenvalue weighted by molar-refractivity contribution is 0.0257.